The maximum absolute atomic E-state index is 6.51. The number of para-hydroxylation sites is 1. The molecule has 1 N–H and O–H groups in total. The SMILES string of the molecule is CCC1(CC)O[C@H](/C(Br)=C/c2ccccc2)Nc2ccccc21. The minimum atomic E-state index is -0.240. The number of anilines is 1. The predicted octanol–water partition coefficient (Wildman–Crippen LogP) is 5.91. The Morgan fingerprint density at radius 3 is 2.43 bits per heavy atom. The van der Waals surface area contributed by atoms with Gasteiger partial charge in [-0.2, -0.15) is 0 Å². The van der Waals surface area contributed by atoms with E-state index in [1.807, 2.05) is 18.2 Å². The second kappa shape index (κ2) is 6.90. The summed E-state index contributed by atoms with van der Waals surface area (Å²) >= 11 is 3.71. The van der Waals surface area contributed by atoms with Crippen LogP contribution in [0.15, 0.2) is 59.1 Å². The number of ether oxygens (including phenoxy) is 1. The predicted molar refractivity (Wildman–Crippen MR) is 101 cm³/mol. The number of nitrogens with one attached hydrogen (secondary N) is 1. The second-order valence-corrected chi connectivity index (χ2v) is 6.74. The molecule has 0 saturated carbocycles. The first-order chi connectivity index (χ1) is 11.2. The third kappa shape index (κ3) is 3.22. The Labute approximate surface area is 146 Å². The van der Waals surface area contributed by atoms with Crippen LogP contribution >= 0.6 is 15.9 Å². The quantitative estimate of drug-likeness (QED) is 0.721. The Balaban J connectivity index is 1.96. The fraction of sp³-hybridized carbons (Fsp3) is 0.300. The summed E-state index contributed by atoms with van der Waals surface area (Å²) in [5.74, 6) is 0. The van der Waals surface area contributed by atoms with Crippen LogP contribution in [0.25, 0.3) is 6.08 Å². The van der Waals surface area contributed by atoms with Crippen LogP contribution in [0.4, 0.5) is 5.69 Å². The Morgan fingerprint density at radius 2 is 1.74 bits per heavy atom. The van der Waals surface area contributed by atoms with E-state index < -0.39 is 0 Å². The van der Waals surface area contributed by atoms with E-state index in [1.54, 1.807) is 0 Å². The summed E-state index contributed by atoms with van der Waals surface area (Å²) in [5, 5.41) is 3.50. The zero-order valence-corrected chi connectivity index (χ0v) is 15.1. The first-order valence-electron chi connectivity index (χ1n) is 8.14. The van der Waals surface area contributed by atoms with Gasteiger partial charge in [0.2, 0.25) is 0 Å². The van der Waals surface area contributed by atoms with E-state index in [4.69, 9.17) is 4.74 Å². The normalized spacial score (nSPS) is 19.8. The van der Waals surface area contributed by atoms with E-state index in [-0.39, 0.29) is 11.8 Å². The third-order valence-electron chi connectivity index (χ3n) is 4.54. The van der Waals surface area contributed by atoms with E-state index in [2.05, 4.69) is 77.6 Å². The molecule has 0 bridgehead atoms. The molecule has 120 valence electrons. The molecule has 0 fully saturated rings. The minimum absolute atomic E-state index is 0.176. The second-order valence-electron chi connectivity index (χ2n) is 5.83. The summed E-state index contributed by atoms with van der Waals surface area (Å²) in [6, 6.07) is 18.7. The van der Waals surface area contributed by atoms with Gasteiger partial charge in [0.05, 0.1) is 5.60 Å². The van der Waals surface area contributed by atoms with Gasteiger partial charge in [-0.3, -0.25) is 0 Å². The maximum Gasteiger partial charge on any atom is 0.161 e. The van der Waals surface area contributed by atoms with Crippen LogP contribution in [0.3, 0.4) is 0 Å². The monoisotopic (exact) mass is 371 g/mol. The lowest BCUT2D eigenvalue weighted by molar-refractivity contribution is -0.0845. The molecule has 0 aromatic heterocycles. The Bertz CT molecular complexity index is 692. The molecule has 0 aliphatic carbocycles. The molecule has 0 radical (unpaired) electrons. The zero-order valence-electron chi connectivity index (χ0n) is 13.6. The van der Waals surface area contributed by atoms with Gasteiger partial charge in [0, 0.05) is 15.7 Å². The van der Waals surface area contributed by atoms with Crippen molar-refractivity contribution in [2.24, 2.45) is 0 Å². The molecule has 0 amide bonds. The lowest BCUT2D eigenvalue weighted by atomic mass is 9.85. The average Bonchev–Trinajstić information content (AvgIpc) is 2.61. The van der Waals surface area contributed by atoms with Crippen LogP contribution in [0.2, 0.25) is 0 Å². The lowest BCUT2D eigenvalue weighted by Gasteiger charge is -2.42. The van der Waals surface area contributed by atoms with E-state index >= 15 is 0 Å². The van der Waals surface area contributed by atoms with E-state index in [9.17, 15) is 0 Å². The van der Waals surface area contributed by atoms with Crippen molar-refractivity contribution in [3.63, 3.8) is 0 Å². The van der Waals surface area contributed by atoms with Gasteiger partial charge in [0.25, 0.3) is 0 Å². The standard InChI is InChI=1S/C20H22BrNO/c1-3-20(4-2)16-12-8-9-13-18(16)22-19(23-20)17(21)14-15-10-6-5-7-11-15/h5-14,19,22H,3-4H2,1-2H3/b17-14-/t19-/m1/s1. The summed E-state index contributed by atoms with van der Waals surface area (Å²) in [4.78, 5) is 0. The summed E-state index contributed by atoms with van der Waals surface area (Å²) in [6.07, 6.45) is 3.83. The summed E-state index contributed by atoms with van der Waals surface area (Å²) in [6.45, 7) is 4.38. The zero-order chi connectivity index (χ0) is 16.3. The number of fused-ring (bicyclic) bond motifs is 1. The number of hydrogen-bond acceptors (Lipinski definition) is 2. The van der Waals surface area contributed by atoms with Crippen LogP contribution in [-0.2, 0) is 10.3 Å². The van der Waals surface area contributed by atoms with Crippen molar-refractivity contribution < 1.29 is 4.74 Å². The maximum atomic E-state index is 6.51. The topological polar surface area (TPSA) is 21.3 Å². The van der Waals surface area contributed by atoms with Crippen molar-refractivity contribution in [2.75, 3.05) is 5.32 Å². The molecule has 0 unspecified atom stereocenters. The molecule has 2 aromatic rings. The van der Waals surface area contributed by atoms with Crippen molar-refractivity contribution >= 4 is 27.7 Å². The lowest BCUT2D eigenvalue weighted by Crippen LogP contribution is -2.42. The van der Waals surface area contributed by atoms with Gasteiger partial charge in [0.1, 0.15) is 0 Å². The number of hydrogen-bond donors (Lipinski definition) is 1. The number of benzene rings is 2. The molecule has 1 aliphatic rings. The van der Waals surface area contributed by atoms with Gasteiger partial charge in [-0.1, -0.05) is 78.3 Å². The fourth-order valence-corrected chi connectivity index (χ4v) is 3.65. The molecular formula is C20H22BrNO. The Hall–Kier alpha value is -1.58. The third-order valence-corrected chi connectivity index (χ3v) is 5.19. The van der Waals surface area contributed by atoms with Crippen LogP contribution in [0, 0.1) is 0 Å². The van der Waals surface area contributed by atoms with Gasteiger partial charge in [-0.05, 0) is 30.5 Å². The summed E-state index contributed by atoms with van der Waals surface area (Å²) in [7, 11) is 0. The highest BCUT2D eigenvalue weighted by Gasteiger charge is 2.39. The molecule has 1 heterocycles. The van der Waals surface area contributed by atoms with Crippen molar-refractivity contribution in [1.29, 1.82) is 0 Å². The number of rotatable bonds is 4. The van der Waals surface area contributed by atoms with Crippen LogP contribution in [0.1, 0.15) is 37.8 Å². The molecule has 0 saturated heterocycles. The molecule has 3 rings (SSSR count). The summed E-state index contributed by atoms with van der Waals surface area (Å²) < 4.78 is 7.51. The molecule has 3 heteroatoms. The Morgan fingerprint density at radius 1 is 1.09 bits per heavy atom. The number of halogens is 1. The minimum Gasteiger partial charge on any atom is -0.356 e. The van der Waals surface area contributed by atoms with E-state index in [0.29, 0.717) is 0 Å². The van der Waals surface area contributed by atoms with Crippen molar-refractivity contribution in [1.82, 2.24) is 0 Å². The van der Waals surface area contributed by atoms with Crippen LogP contribution in [-0.4, -0.2) is 6.23 Å². The molecular weight excluding hydrogens is 350 g/mol. The van der Waals surface area contributed by atoms with Gasteiger partial charge >= 0.3 is 0 Å². The molecule has 23 heavy (non-hydrogen) atoms. The van der Waals surface area contributed by atoms with Gasteiger partial charge in [-0.15, -0.1) is 0 Å². The van der Waals surface area contributed by atoms with Crippen LogP contribution < -0.4 is 5.32 Å². The van der Waals surface area contributed by atoms with Crippen LogP contribution in [0.5, 0.6) is 0 Å². The van der Waals surface area contributed by atoms with Gasteiger partial charge in [0.15, 0.2) is 6.23 Å². The van der Waals surface area contributed by atoms with Gasteiger partial charge in [-0.25, -0.2) is 0 Å². The van der Waals surface area contributed by atoms with E-state index in [0.717, 1.165) is 28.6 Å². The van der Waals surface area contributed by atoms with Crippen molar-refractivity contribution in [3.8, 4) is 0 Å². The summed E-state index contributed by atoms with van der Waals surface area (Å²) in [5.41, 5.74) is 3.32. The van der Waals surface area contributed by atoms with E-state index in [1.165, 1.54) is 5.56 Å². The molecule has 1 aliphatic heterocycles. The molecule has 0 spiro atoms. The average molecular weight is 372 g/mol. The first kappa shape index (κ1) is 16.3. The van der Waals surface area contributed by atoms with Crippen molar-refractivity contribution in [2.45, 2.75) is 38.5 Å². The Kier molecular flexibility index (Phi) is 4.88. The smallest absolute Gasteiger partial charge is 0.161 e. The highest BCUT2D eigenvalue weighted by molar-refractivity contribution is 9.11. The largest absolute Gasteiger partial charge is 0.356 e. The fourth-order valence-electron chi connectivity index (χ4n) is 3.17. The first-order valence-corrected chi connectivity index (χ1v) is 8.94. The molecule has 2 nitrogen and oxygen atoms in total. The highest BCUT2D eigenvalue weighted by Crippen LogP contribution is 2.44. The molecule has 2 aromatic carbocycles. The van der Waals surface area contributed by atoms with Crippen molar-refractivity contribution in [3.05, 3.63) is 70.2 Å². The van der Waals surface area contributed by atoms with Gasteiger partial charge < -0.3 is 10.1 Å². The molecule has 1 atom stereocenters. The highest BCUT2D eigenvalue weighted by atomic mass is 79.9.